The quantitative estimate of drug-likeness (QED) is 0.794. The zero-order chi connectivity index (χ0) is 13.6. The first-order valence-corrected chi connectivity index (χ1v) is 6.12. The number of rotatable bonds is 2. The SMILES string of the molecule is Cc1cc(CN2C(=O)NC(=O)C3(CCC3)C2=O)no1. The Morgan fingerprint density at radius 2 is 2.16 bits per heavy atom. The van der Waals surface area contributed by atoms with Crippen LogP contribution in [0.3, 0.4) is 0 Å². The molecule has 0 aromatic carbocycles. The van der Waals surface area contributed by atoms with Crippen LogP contribution in [-0.4, -0.2) is 27.9 Å². The molecule has 0 unspecified atom stereocenters. The molecule has 7 nitrogen and oxygen atoms in total. The molecule has 1 aliphatic carbocycles. The van der Waals surface area contributed by atoms with Crippen molar-refractivity contribution < 1.29 is 18.9 Å². The third-order valence-electron chi connectivity index (χ3n) is 3.76. The Morgan fingerprint density at radius 1 is 1.42 bits per heavy atom. The molecule has 7 heteroatoms. The number of imide groups is 2. The number of amides is 4. The minimum Gasteiger partial charge on any atom is -0.361 e. The van der Waals surface area contributed by atoms with E-state index in [0.29, 0.717) is 24.3 Å². The lowest BCUT2D eigenvalue weighted by Gasteiger charge is -2.44. The molecule has 2 fully saturated rings. The van der Waals surface area contributed by atoms with Crippen molar-refractivity contribution in [2.45, 2.75) is 32.7 Å². The number of barbiturate groups is 1. The molecule has 3 rings (SSSR count). The van der Waals surface area contributed by atoms with Gasteiger partial charge in [0.05, 0.1) is 6.54 Å². The summed E-state index contributed by atoms with van der Waals surface area (Å²) in [6, 6.07) is 0.970. The van der Waals surface area contributed by atoms with Gasteiger partial charge in [-0.15, -0.1) is 0 Å². The summed E-state index contributed by atoms with van der Waals surface area (Å²) in [5.74, 6) is -0.288. The highest BCUT2D eigenvalue weighted by Gasteiger charge is 2.57. The normalized spacial score (nSPS) is 21.5. The summed E-state index contributed by atoms with van der Waals surface area (Å²) in [7, 11) is 0. The lowest BCUT2D eigenvalue weighted by molar-refractivity contribution is -0.158. The van der Waals surface area contributed by atoms with Gasteiger partial charge in [0.15, 0.2) is 0 Å². The van der Waals surface area contributed by atoms with Crippen molar-refractivity contribution in [3.05, 3.63) is 17.5 Å². The van der Waals surface area contributed by atoms with E-state index < -0.39 is 23.3 Å². The maximum absolute atomic E-state index is 12.3. The zero-order valence-electron chi connectivity index (χ0n) is 10.4. The number of carbonyl (C=O) groups excluding carboxylic acids is 3. The van der Waals surface area contributed by atoms with E-state index >= 15 is 0 Å². The Bertz CT molecular complexity index is 573. The maximum atomic E-state index is 12.3. The molecule has 1 N–H and O–H groups in total. The number of nitrogens with zero attached hydrogens (tertiary/aromatic N) is 2. The van der Waals surface area contributed by atoms with E-state index in [2.05, 4.69) is 10.5 Å². The average molecular weight is 263 g/mol. The molecule has 1 saturated heterocycles. The largest absolute Gasteiger partial charge is 0.361 e. The fraction of sp³-hybridized carbons (Fsp3) is 0.500. The molecule has 0 radical (unpaired) electrons. The predicted molar refractivity (Wildman–Crippen MR) is 61.6 cm³/mol. The third-order valence-corrected chi connectivity index (χ3v) is 3.76. The number of aryl methyl sites for hydroxylation is 1. The molecule has 1 saturated carbocycles. The Morgan fingerprint density at radius 3 is 2.68 bits per heavy atom. The van der Waals surface area contributed by atoms with Crippen molar-refractivity contribution in [1.82, 2.24) is 15.4 Å². The summed E-state index contributed by atoms with van der Waals surface area (Å²) in [6.07, 6.45) is 1.82. The standard InChI is InChI=1S/C12H13N3O4/c1-7-5-8(14-19-7)6-15-10(17)12(3-2-4-12)9(16)13-11(15)18/h5H,2-4,6H2,1H3,(H,13,16,18). The first-order valence-electron chi connectivity index (χ1n) is 6.12. The highest BCUT2D eigenvalue weighted by Crippen LogP contribution is 2.44. The monoisotopic (exact) mass is 263 g/mol. The minimum absolute atomic E-state index is 0.0248. The molecular weight excluding hydrogens is 250 g/mol. The van der Waals surface area contributed by atoms with Crippen molar-refractivity contribution in [3.63, 3.8) is 0 Å². The number of aromatic nitrogens is 1. The topological polar surface area (TPSA) is 92.5 Å². The Kier molecular flexibility index (Phi) is 2.44. The van der Waals surface area contributed by atoms with Crippen LogP contribution in [0.1, 0.15) is 30.7 Å². The highest BCUT2D eigenvalue weighted by atomic mass is 16.5. The summed E-state index contributed by atoms with van der Waals surface area (Å²) >= 11 is 0. The van der Waals surface area contributed by atoms with E-state index in [0.717, 1.165) is 11.3 Å². The van der Waals surface area contributed by atoms with Gasteiger partial charge in [-0.25, -0.2) is 4.79 Å². The third kappa shape index (κ3) is 1.65. The first kappa shape index (κ1) is 11.9. The second-order valence-corrected chi connectivity index (χ2v) is 5.02. The lowest BCUT2D eigenvalue weighted by Crippen LogP contribution is -2.65. The zero-order valence-corrected chi connectivity index (χ0v) is 10.4. The van der Waals surface area contributed by atoms with Crippen LogP contribution in [0.2, 0.25) is 0 Å². The van der Waals surface area contributed by atoms with Crippen molar-refractivity contribution in [1.29, 1.82) is 0 Å². The van der Waals surface area contributed by atoms with Crippen LogP contribution < -0.4 is 5.32 Å². The smallest absolute Gasteiger partial charge is 0.331 e. The van der Waals surface area contributed by atoms with Gasteiger partial charge in [-0.3, -0.25) is 19.8 Å². The van der Waals surface area contributed by atoms with Gasteiger partial charge in [0.1, 0.15) is 16.9 Å². The number of hydrogen-bond donors (Lipinski definition) is 1. The van der Waals surface area contributed by atoms with Gasteiger partial charge in [0, 0.05) is 6.07 Å². The van der Waals surface area contributed by atoms with Crippen LogP contribution in [0.25, 0.3) is 0 Å². The molecule has 1 spiro atoms. The molecule has 100 valence electrons. The number of carbonyl (C=O) groups is 3. The average Bonchev–Trinajstić information content (AvgIpc) is 2.68. The molecule has 2 aliphatic rings. The first-order chi connectivity index (χ1) is 9.03. The second kappa shape index (κ2) is 3.91. The lowest BCUT2D eigenvalue weighted by atomic mass is 9.66. The highest BCUT2D eigenvalue weighted by molar-refractivity contribution is 6.19. The maximum Gasteiger partial charge on any atom is 0.331 e. The van der Waals surface area contributed by atoms with Gasteiger partial charge in [-0.05, 0) is 19.8 Å². The Hall–Kier alpha value is -2.18. The van der Waals surface area contributed by atoms with Gasteiger partial charge in [0.25, 0.3) is 0 Å². The van der Waals surface area contributed by atoms with Crippen LogP contribution in [-0.2, 0) is 16.1 Å². The van der Waals surface area contributed by atoms with Crippen LogP contribution in [0, 0.1) is 12.3 Å². The van der Waals surface area contributed by atoms with Gasteiger partial charge in [-0.2, -0.15) is 0 Å². The van der Waals surface area contributed by atoms with Gasteiger partial charge < -0.3 is 4.52 Å². The summed E-state index contributed by atoms with van der Waals surface area (Å²) in [5.41, 5.74) is -0.544. The molecule has 1 aromatic heterocycles. The van der Waals surface area contributed by atoms with E-state index in [9.17, 15) is 14.4 Å². The summed E-state index contributed by atoms with van der Waals surface area (Å²) in [4.78, 5) is 37.0. The Labute approximate surface area is 108 Å². The van der Waals surface area contributed by atoms with E-state index in [1.165, 1.54) is 0 Å². The number of urea groups is 1. The fourth-order valence-electron chi connectivity index (χ4n) is 2.50. The van der Waals surface area contributed by atoms with Crippen LogP contribution in [0.15, 0.2) is 10.6 Å². The predicted octanol–water partition coefficient (Wildman–Crippen LogP) is 0.732. The molecule has 1 aliphatic heterocycles. The van der Waals surface area contributed by atoms with Gasteiger partial charge in [-0.1, -0.05) is 11.6 Å². The minimum atomic E-state index is -1.04. The van der Waals surface area contributed by atoms with E-state index in [-0.39, 0.29) is 6.54 Å². The molecule has 2 heterocycles. The molecular formula is C12H13N3O4. The number of nitrogens with one attached hydrogen (secondary N) is 1. The van der Waals surface area contributed by atoms with Crippen LogP contribution in [0.5, 0.6) is 0 Å². The van der Waals surface area contributed by atoms with Crippen molar-refractivity contribution >= 4 is 17.8 Å². The summed E-state index contributed by atoms with van der Waals surface area (Å²) in [6.45, 7) is 1.75. The van der Waals surface area contributed by atoms with E-state index in [1.807, 2.05) is 0 Å². The van der Waals surface area contributed by atoms with Crippen molar-refractivity contribution in [2.24, 2.45) is 5.41 Å². The Balaban J connectivity index is 1.85. The van der Waals surface area contributed by atoms with Gasteiger partial charge in [0.2, 0.25) is 11.8 Å². The van der Waals surface area contributed by atoms with Crippen molar-refractivity contribution in [3.8, 4) is 0 Å². The van der Waals surface area contributed by atoms with E-state index in [1.54, 1.807) is 13.0 Å². The summed E-state index contributed by atoms with van der Waals surface area (Å²) in [5, 5.41) is 6.00. The molecule has 0 atom stereocenters. The number of hydrogen-bond acceptors (Lipinski definition) is 5. The van der Waals surface area contributed by atoms with Gasteiger partial charge >= 0.3 is 6.03 Å². The van der Waals surface area contributed by atoms with Crippen molar-refractivity contribution in [2.75, 3.05) is 0 Å². The fourth-order valence-corrected chi connectivity index (χ4v) is 2.50. The van der Waals surface area contributed by atoms with Crippen LogP contribution in [0.4, 0.5) is 4.79 Å². The molecule has 19 heavy (non-hydrogen) atoms. The van der Waals surface area contributed by atoms with E-state index in [4.69, 9.17) is 4.52 Å². The van der Waals surface area contributed by atoms with Crippen LogP contribution >= 0.6 is 0 Å². The molecule has 4 amide bonds. The summed E-state index contributed by atoms with van der Waals surface area (Å²) < 4.78 is 4.90. The molecule has 0 bridgehead atoms. The second-order valence-electron chi connectivity index (χ2n) is 5.02. The molecule has 1 aromatic rings.